The highest BCUT2D eigenvalue weighted by molar-refractivity contribution is 6.06. The van der Waals surface area contributed by atoms with Crippen molar-refractivity contribution in [3.8, 4) is 6.07 Å². The first-order chi connectivity index (χ1) is 10.7. The zero-order valence-corrected chi connectivity index (χ0v) is 12.2. The lowest BCUT2D eigenvalue weighted by molar-refractivity contribution is 0.0993. The zero-order valence-electron chi connectivity index (χ0n) is 12.2. The van der Waals surface area contributed by atoms with Crippen LogP contribution in [0.5, 0.6) is 0 Å². The van der Waals surface area contributed by atoms with Gasteiger partial charge in [0.1, 0.15) is 0 Å². The number of fused-ring (bicyclic) bond motifs is 1. The van der Waals surface area contributed by atoms with Crippen molar-refractivity contribution < 1.29 is 4.79 Å². The molecule has 3 rings (SSSR count). The summed E-state index contributed by atoms with van der Waals surface area (Å²) in [6, 6.07) is 22.7. The van der Waals surface area contributed by atoms with Crippen LogP contribution in [0.2, 0.25) is 0 Å². The maximum atomic E-state index is 12.6. The van der Waals surface area contributed by atoms with E-state index in [1.165, 1.54) is 0 Å². The number of rotatable bonds is 2. The summed E-state index contributed by atoms with van der Waals surface area (Å²) in [4.78, 5) is 14.2. The van der Waals surface area contributed by atoms with Gasteiger partial charge < -0.3 is 4.90 Å². The second-order valence-electron chi connectivity index (χ2n) is 5.09. The quantitative estimate of drug-likeness (QED) is 0.715. The molecule has 0 aliphatic rings. The summed E-state index contributed by atoms with van der Waals surface area (Å²) >= 11 is 0. The standard InChI is InChI=1S/C19H14N2O/c1-21(19(22)17-8-4-5-14(11-17)13-20)18-10-9-15-6-2-3-7-16(15)12-18/h2-12H,1H3. The molecule has 0 aromatic heterocycles. The summed E-state index contributed by atoms with van der Waals surface area (Å²) in [6.07, 6.45) is 0. The summed E-state index contributed by atoms with van der Waals surface area (Å²) in [5.41, 5.74) is 1.82. The fraction of sp³-hybridized carbons (Fsp3) is 0.0526. The molecule has 0 N–H and O–H groups in total. The molecule has 0 unspecified atom stereocenters. The molecular formula is C19H14N2O. The van der Waals surface area contributed by atoms with Crippen molar-refractivity contribution >= 4 is 22.4 Å². The predicted molar refractivity (Wildman–Crippen MR) is 87.8 cm³/mol. The second-order valence-corrected chi connectivity index (χ2v) is 5.09. The number of hydrogen-bond acceptors (Lipinski definition) is 2. The van der Waals surface area contributed by atoms with Gasteiger partial charge in [0.25, 0.3) is 5.91 Å². The van der Waals surface area contributed by atoms with E-state index in [-0.39, 0.29) is 5.91 Å². The summed E-state index contributed by atoms with van der Waals surface area (Å²) < 4.78 is 0. The molecule has 1 amide bonds. The molecular weight excluding hydrogens is 272 g/mol. The van der Waals surface area contributed by atoms with Crippen LogP contribution >= 0.6 is 0 Å². The average molecular weight is 286 g/mol. The van der Waals surface area contributed by atoms with E-state index >= 15 is 0 Å². The molecule has 3 aromatic rings. The molecule has 0 saturated carbocycles. The van der Waals surface area contributed by atoms with Crippen LogP contribution in [0.15, 0.2) is 66.7 Å². The molecule has 106 valence electrons. The Morgan fingerprint density at radius 2 is 1.73 bits per heavy atom. The van der Waals surface area contributed by atoms with Crippen LogP contribution in [0.1, 0.15) is 15.9 Å². The number of nitrogens with zero attached hydrogens (tertiary/aromatic N) is 2. The molecule has 0 radical (unpaired) electrons. The number of benzene rings is 3. The molecule has 0 aliphatic heterocycles. The van der Waals surface area contributed by atoms with Crippen molar-refractivity contribution in [2.45, 2.75) is 0 Å². The minimum Gasteiger partial charge on any atom is -0.311 e. The lowest BCUT2D eigenvalue weighted by Crippen LogP contribution is -2.26. The van der Waals surface area contributed by atoms with Crippen molar-refractivity contribution in [3.05, 3.63) is 77.9 Å². The molecule has 3 heteroatoms. The van der Waals surface area contributed by atoms with Gasteiger partial charge in [0.15, 0.2) is 0 Å². The zero-order chi connectivity index (χ0) is 15.5. The first-order valence-corrected chi connectivity index (χ1v) is 6.96. The van der Waals surface area contributed by atoms with Gasteiger partial charge in [-0.1, -0.05) is 36.4 Å². The first-order valence-electron chi connectivity index (χ1n) is 6.96. The fourth-order valence-corrected chi connectivity index (χ4v) is 2.42. The van der Waals surface area contributed by atoms with Crippen LogP contribution in [-0.4, -0.2) is 13.0 Å². The molecule has 3 nitrogen and oxygen atoms in total. The molecule has 22 heavy (non-hydrogen) atoms. The lowest BCUT2D eigenvalue weighted by atomic mass is 10.1. The van der Waals surface area contributed by atoms with E-state index in [1.807, 2.05) is 42.5 Å². The Morgan fingerprint density at radius 1 is 0.955 bits per heavy atom. The van der Waals surface area contributed by atoms with Gasteiger partial charge in [-0.05, 0) is 41.1 Å². The Bertz CT molecular complexity index is 893. The van der Waals surface area contributed by atoms with E-state index in [4.69, 9.17) is 5.26 Å². The van der Waals surface area contributed by atoms with Crippen LogP contribution in [-0.2, 0) is 0 Å². The molecule has 0 spiro atoms. The van der Waals surface area contributed by atoms with E-state index in [0.29, 0.717) is 11.1 Å². The van der Waals surface area contributed by atoms with Crippen molar-refractivity contribution in [1.82, 2.24) is 0 Å². The van der Waals surface area contributed by atoms with Crippen molar-refractivity contribution in [3.63, 3.8) is 0 Å². The van der Waals surface area contributed by atoms with Gasteiger partial charge in [0, 0.05) is 18.3 Å². The Morgan fingerprint density at radius 3 is 2.50 bits per heavy atom. The van der Waals surface area contributed by atoms with Gasteiger partial charge in [-0.2, -0.15) is 5.26 Å². The van der Waals surface area contributed by atoms with E-state index < -0.39 is 0 Å². The van der Waals surface area contributed by atoms with Gasteiger partial charge in [-0.15, -0.1) is 0 Å². The van der Waals surface area contributed by atoms with E-state index in [1.54, 1.807) is 36.2 Å². The number of hydrogen-bond donors (Lipinski definition) is 0. The SMILES string of the molecule is CN(C(=O)c1cccc(C#N)c1)c1ccc2ccccc2c1. The number of carbonyl (C=O) groups is 1. The smallest absolute Gasteiger partial charge is 0.258 e. The Kier molecular flexibility index (Phi) is 3.59. The summed E-state index contributed by atoms with van der Waals surface area (Å²) in [6.45, 7) is 0. The maximum Gasteiger partial charge on any atom is 0.258 e. The van der Waals surface area contributed by atoms with Crippen LogP contribution < -0.4 is 4.90 Å². The minimum absolute atomic E-state index is 0.132. The topological polar surface area (TPSA) is 44.1 Å². The Hall–Kier alpha value is -3.12. The normalized spacial score (nSPS) is 10.2. The third-order valence-electron chi connectivity index (χ3n) is 3.66. The number of amides is 1. The van der Waals surface area contributed by atoms with Gasteiger partial charge in [0.05, 0.1) is 11.6 Å². The second kappa shape index (κ2) is 5.71. The van der Waals surface area contributed by atoms with Crippen LogP contribution in [0.3, 0.4) is 0 Å². The molecule has 0 aliphatic carbocycles. The molecule has 0 heterocycles. The summed E-state index contributed by atoms with van der Waals surface area (Å²) in [5, 5.41) is 11.2. The number of anilines is 1. The highest BCUT2D eigenvalue weighted by atomic mass is 16.2. The van der Waals surface area contributed by atoms with Gasteiger partial charge >= 0.3 is 0 Å². The van der Waals surface area contributed by atoms with E-state index in [0.717, 1.165) is 16.5 Å². The molecule has 0 bridgehead atoms. The molecule has 0 atom stereocenters. The Balaban J connectivity index is 1.95. The van der Waals surface area contributed by atoms with Crippen LogP contribution in [0, 0.1) is 11.3 Å². The highest BCUT2D eigenvalue weighted by Crippen LogP contribution is 2.22. The number of nitriles is 1. The number of carbonyl (C=O) groups excluding carboxylic acids is 1. The van der Waals surface area contributed by atoms with E-state index in [2.05, 4.69) is 6.07 Å². The van der Waals surface area contributed by atoms with E-state index in [9.17, 15) is 4.79 Å². The summed E-state index contributed by atoms with van der Waals surface area (Å²) in [7, 11) is 1.74. The molecule has 0 fully saturated rings. The van der Waals surface area contributed by atoms with Crippen molar-refractivity contribution in [2.24, 2.45) is 0 Å². The predicted octanol–water partition coefficient (Wildman–Crippen LogP) is 3.99. The monoisotopic (exact) mass is 286 g/mol. The average Bonchev–Trinajstić information content (AvgIpc) is 2.60. The third-order valence-corrected chi connectivity index (χ3v) is 3.66. The maximum absolute atomic E-state index is 12.6. The fourth-order valence-electron chi connectivity index (χ4n) is 2.42. The van der Waals surface area contributed by atoms with Crippen LogP contribution in [0.25, 0.3) is 10.8 Å². The minimum atomic E-state index is -0.132. The van der Waals surface area contributed by atoms with Crippen LogP contribution in [0.4, 0.5) is 5.69 Å². The van der Waals surface area contributed by atoms with Gasteiger partial charge in [-0.25, -0.2) is 0 Å². The molecule has 0 saturated heterocycles. The largest absolute Gasteiger partial charge is 0.311 e. The first kappa shape index (κ1) is 13.8. The van der Waals surface area contributed by atoms with Crippen molar-refractivity contribution in [2.75, 3.05) is 11.9 Å². The third kappa shape index (κ3) is 2.55. The van der Waals surface area contributed by atoms with Gasteiger partial charge in [-0.3, -0.25) is 4.79 Å². The highest BCUT2D eigenvalue weighted by Gasteiger charge is 2.14. The molecule has 3 aromatic carbocycles. The lowest BCUT2D eigenvalue weighted by Gasteiger charge is -2.18. The van der Waals surface area contributed by atoms with Gasteiger partial charge in [0.2, 0.25) is 0 Å². The summed E-state index contributed by atoms with van der Waals surface area (Å²) in [5.74, 6) is -0.132. The van der Waals surface area contributed by atoms with Crippen molar-refractivity contribution in [1.29, 1.82) is 5.26 Å². The Labute approximate surface area is 129 Å².